The lowest BCUT2D eigenvalue weighted by Crippen LogP contribution is -2.37. The number of aliphatic carboxylic acids is 1. The molecule has 1 aromatic rings. The molecule has 0 heterocycles. The highest BCUT2D eigenvalue weighted by Gasteiger charge is 2.15. The number of halogens is 1. The first-order valence-electron chi connectivity index (χ1n) is 6.08. The predicted molar refractivity (Wildman–Crippen MR) is 78.4 cm³/mol. The van der Waals surface area contributed by atoms with E-state index in [0.717, 1.165) is 0 Å². The van der Waals surface area contributed by atoms with Gasteiger partial charge in [-0.05, 0) is 6.92 Å². The van der Waals surface area contributed by atoms with Crippen LogP contribution in [0.4, 0.5) is 10.5 Å². The summed E-state index contributed by atoms with van der Waals surface area (Å²) in [5.41, 5.74) is 0.360. The van der Waals surface area contributed by atoms with E-state index < -0.39 is 18.0 Å². The second kappa shape index (κ2) is 7.58. The summed E-state index contributed by atoms with van der Waals surface area (Å²) < 4.78 is 10.2. The van der Waals surface area contributed by atoms with E-state index in [9.17, 15) is 9.59 Å². The predicted octanol–water partition coefficient (Wildman–Crippen LogP) is 2.34. The van der Waals surface area contributed by atoms with Crippen molar-refractivity contribution in [1.82, 2.24) is 5.32 Å². The lowest BCUT2D eigenvalue weighted by atomic mass is 10.2. The molecular weight excluding hydrogens is 300 g/mol. The fourth-order valence-electron chi connectivity index (χ4n) is 1.65. The van der Waals surface area contributed by atoms with Crippen molar-refractivity contribution in [1.29, 1.82) is 0 Å². The molecule has 0 aliphatic heterocycles. The normalized spacial score (nSPS) is 11.4. The van der Waals surface area contributed by atoms with Gasteiger partial charge in [-0.15, -0.1) is 0 Å². The van der Waals surface area contributed by atoms with Crippen LogP contribution in [-0.2, 0) is 4.79 Å². The zero-order valence-electron chi connectivity index (χ0n) is 11.9. The number of carbonyl (C=O) groups is 2. The molecule has 1 atom stereocenters. The Labute approximate surface area is 127 Å². The van der Waals surface area contributed by atoms with Crippen LogP contribution in [0, 0.1) is 0 Å². The molecule has 1 unspecified atom stereocenters. The molecule has 0 saturated heterocycles. The summed E-state index contributed by atoms with van der Waals surface area (Å²) >= 11 is 5.96. The van der Waals surface area contributed by atoms with Crippen LogP contribution in [0.25, 0.3) is 0 Å². The lowest BCUT2D eigenvalue weighted by molar-refractivity contribution is -0.137. The minimum atomic E-state index is -0.992. The second-order valence-corrected chi connectivity index (χ2v) is 4.69. The van der Waals surface area contributed by atoms with Crippen molar-refractivity contribution in [3.05, 3.63) is 17.2 Å². The molecule has 116 valence electrons. The Kier molecular flexibility index (Phi) is 6.10. The minimum absolute atomic E-state index is 0.172. The van der Waals surface area contributed by atoms with E-state index >= 15 is 0 Å². The Hall–Kier alpha value is -2.15. The van der Waals surface area contributed by atoms with Crippen LogP contribution >= 0.6 is 11.6 Å². The number of amides is 2. The number of nitrogens with one attached hydrogen (secondary N) is 2. The van der Waals surface area contributed by atoms with Gasteiger partial charge in [0.25, 0.3) is 0 Å². The third kappa shape index (κ3) is 5.03. The van der Waals surface area contributed by atoms with Crippen LogP contribution in [0.1, 0.15) is 13.3 Å². The molecule has 0 aliphatic carbocycles. The van der Waals surface area contributed by atoms with E-state index in [1.165, 1.54) is 26.4 Å². The van der Waals surface area contributed by atoms with Crippen molar-refractivity contribution in [3.8, 4) is 11.5 Å². The maximum Gasteiger partial charge on any atom is 0.319 e. The molecular formula is C13H17ClN2O5. The highest BCUT2D eigenvalue weighted by molar-refractivity contribution is 6.32. The van der Waals surface area contributed by atoms with Gasteiger partial charge in [0.15, 0.2) is 0 Å². The monoisotopic (exact) mass is 316 g/mol. The first-order valence-corrected chi connectivity index (χ1v) is 6.46. The summed E-state index contributed by atoms with van der Waals surface area (Å²) in [6.45, 7) is 1.59. The van der Waals surface area contributed by atoms with Crippen molar-refractivity contribution in [2.75, 3.05) is 19.5 Å². The van der Waals surface area contributed by atoms with E-state index in [2.05, 4.69) is 10.6 Å². The molecule has 0 spiro atoms. The molecule has 1 rings (SSSR count). The zero-order valence-corrected chi connectivity index (χ0v) is 12.7. The number of rotatable bonds is 6. The van der Waals surface area contributed by atoms with E-state index in [1.807, 2.05) is 0 Å². The molecule has 0 bridgehead atoms. The largest absolute Gasteiger partial charge is 0.495 e. The summed E-state index contributed by atoms with van der Waals surface area (Å²) in [7, 11) is 2.89. The average Bonchev–Trinajstić information content (AvgIpc) is 2.38. The van der Waals surface area contributed by atoms with Crippen molar-refractivity contribution in [2.45, 2.75) is 19.4 Å². The molecule has 0 saturated carbocycles. The molecule has 3 N–H and O–H groups in total. The summed E-state index contributed by atoms with van der Waals surface area (Å²) in [6.07, 6.45) is -0.172. The van der Waals surface area contributed by atoms with Crippen LogP contribution in [0.2, 0.25) is 5.02 Å². The Morgan fingerprint density at radius 2 is 1.90 bits per heavy atom. The van der Waals surface area contributed by atoms with Gasteiger partial charge in [0.2, 0.25) is 0 Å². The fourth-order valence-corrected chi connectivity index (χ4v) is 1.88. The molecule has 21 heavy (non-hydrogen) atoms. The SMILES string of the molecule is COc1cc(NC(=O)NC(C)CC(=O)O)c(OC)cc1Cl. The molecule has 1 aromatic carbocycles. The second-order valence-electron chi connectivity index (χ2n) is 4.28. The van der Waals surface area contributed by atoms with Gasteiger partial charge in [-0.3, -0.25) is 4.79 Å². The molecule has 0 aromatic heterocycles. The highest BCUT2D eigenvalue weighted by atomic mass is 35.5. The lowest BCUT2D eigenvalue weighted by Gasteiger charge is -2.15. The van der Waals surface area contributed by atoms with Crippen molar-refractivity contribution in [2.24, 2.45) is 0 Å². The number of methoxy groups -OCH3 is 2. The van der Waals surface area contributed by atoms with Gasteiger partial charge in [-0.25, -0.2) is 4.79 Å². The van der Waals surface area contributed by atoms with Gasteiger partial charge in [0.05, 0.1) is 31.4 Å². The van der Waals surface area contributed by atoms with Crippen molar-refractivity contribution < 1.29 is 24.2 Å². The van der Waals surface area contributed by atoms with E-state index in [4.69, 9.17) is 26.2 Å². The third-order valence-corrected chi connectivity index (χ3v) is 2.88. The standard InChI is InChI=1S/C13H17ClN2O5/c1-7(4-12(17)18)15-13(19)16-9-6-10(20-2)8(14)5-11(9)21-3/h5-7H,4H2,1-3H3,(H,17,18)(H2,15,16,19). The molecule has 0 fully saturated rings. The topological polar surface area (TPSA) is 96.9 Å². The number of ether oxygens (including phenoxy) is 2. The number of hydrogen-bond acceptors (Lipinski definition) is 4. The van der Waals surface area contributed by atoms with Gasteiger partial charge in [-0.2, -0.15) is 0 Å². The quantitative estimate of drug-likeness (QED) is 0.748. The van der Waals surface area contributed by atoms with Crippen LogP contribution in [-0.4, -0.2) is 37.4 Å². The van der Waals surface area contributed by atoms with E-state index in [1.54, 1.807) is 6.92 Å². The number of benzene rings is 1. The number of anilines is 1. The van der Waals surface area contributed by atoms with Crippen LogP contribution < -0.4 is 20.1 Å². The maximum absolute atomic E-state index is 11.8. The average molecular weight is 317 g/mol. The summed E-state index contributed by atoms with van der Waals surface area (Å²) in [6, 6.07) is 1.97. The zero-order chi connectivity index (χ0) is 16.0. The number of carbonyl (C=O) groups excluding carboxylic acids is 1. The molecule has 7 nitrogen and oxygen atoms in total. The Morgan fingerprint density at radius 3 is 2.43 bits per heavy atom. The van der Waals surface area contributed by atoms with Crippen molar-refractivity contribution >= 4 is 29.3 Å². The molecule has 0 aliphatic rings. The smallest absolute Gasteiger partial charge is 0.319 e. The summed E-state index contributed by atoms with van der Waals surface area (Å²) in [4.78, 5) is 22.4. The number of carboxylic acids is 1. The maximum atomic E-state index is 11.8. The minimum Gasteiger partial charge on any atom is -0.495 e. The number of hydrogen-bond donors (Lipinski definition) is 3. The van der Waals surface area contributed by atoms with Gasteiger partial charge < -0.3 is 25.2 Å². The van der Waals surface area contributed by atoms with Crippen LogP contribution in [0.5, 0.6) is 11.5 Å². The van der Waals surface area contributed by atoms with Gasteiger partial charge in [-0.1, -0.05) is 11.6 Å². The number of urea groups is 1. The molecule has 0 radical (unpaired) electrons. The first-order chi connectivity index (χ1) is 9.87. The fraction of sp³-hybridized carbons (Fsp3) is 0.385. The van der Waals surface area contributed by atoms with Crippen molar-refractivity contribution in [3.63, 3.8) is 0 Å². The van der Waals surface area contributed by atoms with E-state index in [-0.39, 0.29) is 6.42 Å². The van der Waals surface area contributed by atoms with E-state index in [0.29, 0.717) is 22.2 Å². The van der Waals surface area contributed by atoms with Gasteiger partial charge >= 0.3 is 12.0 Å². The van der Waals surface area contributed by atoms with Gasteiger partial charge in [0, 0.05) is 18.2 Å². The first kappa shape index (κ1) is 16.9. The Balaban J connectivity index is 2.81. The Morgan fingerprint density at radius 1 is 1.29 bits per heavy atom. The molecule has 2 amide bonds. The van der Waals surface area contributed by atoms with Crippen LogP contribution in [0.15, 0.2) is 12.1 Å². The van der Waals surface area contributed by atoms with Crippen LogP contribution in [0.3, 0.4) is 0 Å². The summed E-state index contributed by atoms with van der Waals surface area (Å²) in [5.74, 6) is -0.248. The van der Waals surface area contributed by atoms with Gasteiger partial charge in [0.1, 0.15) is 11.5 Å². The third-order valence-electron chi connectivity index (χ3n) is 2.58. The summed E-state index contributed by atoms with van der Waals surface area (Å²) in [5, 5.41) is 14.1. The highest BCUT2D eigenvalue weighted by Crippen LogP contribution is 2.35. The Bertz CT molecular complexity index is 536. The number of carboxylic acid groups (broad SMARTS) is 1. The molecule has 8 heteroatoms.